The second kappa shape index (κ2) is 9.21. The lowest BCUT2D eigenvalue weighted by atomic mass is 9.92. The van der Waals surface area contributed by atoms with Gasteiger partial charge in [0, 0.05) is 32.0 Å². The first-order valence-corrected chi connectivity index (χ1v) is 10.7. The van der Waals surface area contributed by atoms with Crippen LogP contribution in [0.1, 0.15) is 36.3 Å². The molecule has 2 aliphatic heterocycles. The number of primary amides is 1. The van der Waals surface area contributed by atoms with E-state index in [0.29, 0.717) is 44.8 Å². The van der Waals surface area contributed by atoms with Gasteiger partial charge in [-0.3, -0.25) is 24.2 Å². The van der Waals surface area contributed by atoms with Gasteiger partial charge in [0.15, 0.2) is 0 Å². The normalized spacial score (nSPS) is 18.6. The van der Waals surface area contributed by atoms with Crippen LogP contribution < -0.4 is 26.8 Å². The number of hydrogen-bond donors (Lipinski definition) is 4. The SMILES string of the molecule is NC(=O)C1CCN(c2nc3c(c(=O)[nH]2)[C@@H](C(=O)NCCc2ccccc2)CC(=O)N3)CC1. The van der Waals surface area contributed by atoms with Crippen LogP contribution >= 0.6 is 0 Å². The fourth-order valence-corrected chi connectivity index (χ4v) is 4.21. The number of nitrogens with one attached hydrogen (secondary N) is 3. The Kier molecular flexibility index (Phi) is 6.20. The van der Waals surface area contributed by atoms with Crippen LogP contribution in [0.3, 0.4) is 0 Å². The van der Waals surface area contributed by atoms with Crippen molar-refractivity contribution in [2.24, 2.45) is 11.7 Å². The molecule has 0 radical (unpaired) electrons. The Hall–Kier alpha value is -3.69. The Morgan fingerprint density at radius 2 is 1.88 bits per heavy atom. The largest absolute Gasteiger partial charge is 0.369 e. The van der Waals surface area contributed by atoms with Crippen molar-refractivity contribution in [3.05, 3.63) is 51.8 Å². The van der Waals surface area contributed by atoms with Crippen LogP contribution in [-0.4, -0.2) is 47.3 Å². The number of hydrogen-bond acceptors (Lipinski definition) is 6. The number of benzene rings is 1. The molecular formula is C22H26N6O4. The minimum atomic E-state index is -0.902. The number of carbonyl (C=O) groups excluding carboxylic acids is 3. The maximum atomic E-state index is 12.9. The van der Waals surface area contributed by atoms with Crippen molar-refractivity contribution in [3.8, 4) is 0 Å². The van der Waals surface area contributed by atoms with Gasteiger partial charge in [-0.15, -0.1) is 0 Å². The van der Waals surface area contributed by atoms with E-state index in [0.717, 1.165) is 5.56 Å². The van der Waals surface area contributed by atoms with Gasteiger partial charge in [0.2, 0.25) is 23.7 Å². The third kappa shape index (κ3) is 4.63. The quantitative estimate of drug-likeness (QED) is 0.508. The molecular weight excluding hydrogens is 412 g/mol. The molecule has 10 nitrogen and oxygen atoms in total. The van der Waals surface area contributed by atoms with Crippen LogP contribution in [0.4, 0.5) is 11.8 Å². The van der Waals surface area contributed by atoms with Crippen molar-refractivity contribution in [3.63, 3.8) is 0 Å². The van der Waals surface area contributed by atoms with E-state index in [-0.39, 0.29) is 41.4 Å². The van der Waals surface area contributed by atoms with Crippen molar-refractivity contribution >= 4 is 29.5 Å². The summed E-state index contributed by atoms with van der Waals surface area (Å²) in [4.78, 5) is 58.3. The van der Waals surface area contributed by atoms with Gasteiger partial charge in [0.25, 0.3) is 5.56 Å². The number of nitrogens with zero attached hydrogens (tertiary/aromatic N) is 2. The number of fused-ring (bicyclic) bond motifs is 1. The summed E-state index contributed by atoms with van der Waals surface area (Å²) in [7, 11) is 0. The van der Waals surface area contributed by atoms with Crippen LogP contribution in [0.15, 0.2) is 35.1 Å². The second-order valence-electron chi connectivity index (χ2n) is 8.15. The molecule has 10 heteroatoms. The molecule has 1 atom stereocenters. The topological polar surface area (TPSA) is 150 Å². The highest BCUT2D eigenvalue weighted by atomic mass is 16.2. The summed E-state index contributed by atoms with van der Waals surface area (Å²) in [6, 6.07) is 9.72. The smallest absolute Gasteiger partial charge is 0.258 e. The standard InChI is InChI=1S/C22H26N6O4/c23-18(30)14-7-10-28(11-8-14)22-26-19-17(21(32)27-22)15(12-16(29)25-19)20(31)24-9-6-13-4-2-1-3-5-13/h1-5,14-15H,6-12H2,(H2,23,30)(H,24,31)(H2,25,26,27,29,32)/t15-/m0/s1. The monoisotopic (exact) mass is 438 g/mol. The molecule has 0 saturated carbocycles. The van der Waals surface area contributed by atoms with Gasteiger partial charge in [-0.2, -0.15) is 4.98 Å². The molecule has 0 spiro atoms. The van der Waals surface area contributed by atoms with Crippen molar-refractivity contribution in [2.75, 3.05) is 29.9 Å². The van der Waals surface area contributed by atoms with Crippen molar-refractivity contribution in [1.29, 1.82) is 0 Å². The van der Waals surface area contributed by atoms with Crippen LogP contribution in [0, 0.1) is 5.92 Å². The molecule has 32 heavy (non-hydrogen) atoms. The van der Waals surface area contributed by atoms with E-state index in [9.17, 15) is 19.2 Å². The molecule has 5 N–H and O–H groups in total. The predicted molar refractivity (Wildman–Crippen MR) is 118 cm³/mol. The van der Waals surface area contributed by atoms with Gasteiger partial charge in [-0.05, 0) is 24.8 Å². The highest BCUT2D eigenvalue weighted by Crippen LogP contribution is 2.30. The molecule has 0 bridgehead atoms. The van der Waals surface area contributed by atoms with Crippen molar-refractivity contribution in [1.82, 2.24) is 15.3 Å². The summed E-state index contributed by atoms with van der Waals surface area (Å²) in [6.45, 7) is 1.41. The first-order chi connectivity index (χ1) is 15.4. The Balaban J connectivity index is 1.48. The van der Waals surface area contributed by atoms with Crippen LogP contribution in [0.2, 0.25) is 0 Å². The number of carbonyl (C=O) groups is 3. The molecule has 1 aromatic carbocycles. The zero-order valence-corrected chi connectivity index (χ0v) is 17.6. The highest BCUT2D eigenvalue weighted by molar-refractivity contribution is 6.00. The average molecular weight is 438 g/mol. The van der Waals surface area contributed by atoms with Crippen LogP contribution in [-0.2, 0) is 20.8 Å². The van der Waals surface area contributed by atoms with E-state index < -0.39 is 11.5 Å². The highest BCUT2D eigenvalue weighted by Gasteiger charge is 2.35. The maximum Gasteiger partial charge on any atom is 0.258 e. The number of aromatic amines is 1. The van der Waals surface area contributed by atoms with E-state index in [2.05, 4.69) is 20.6 Å². The molecule has 168 valence electrons. The lowest BCUT2D eigenvalue weighted by molar-refractivity contribution is -0.126. The van der Waals surface area contributed by atoms with Crippen molar-refractivity contribution < 1.29 is 14.4 Å². The number of piperidine rings is 1. The minimum absolute atomic E-state index is 0.111. The zero-order valence-electron chi connectivity index (χ0n) is 17.6. The van der Waals surface area contributed by atoms with Crippen molar-refractivity contribution in [2.45, 2.75) is 31.6 Å². The fourth-order valence-electron chi connectivity index (χ4n) is 4.21. The summed E-state index contributed by atoms with van der Waals surface area (Å²) in [5.41, 5.74) is 6.17. The third-order valence-corrected chi connectivity index (χ3v) is 6.01. The summed E-state index contributed by atoms with van der Waals surface area (Å²) in [5, 5.41) is 5.45. The van der Waals surface area contributed by atoms with E-state index in [1.165, 1.54) is 0 Å². The number of H-pyrrole nitrogens is 1. The Bertz CT molecular complexity index is 1080. The molecule has 1 saturated heterocycles. The number of rotatable bonds is 6. The van der Waals surface area contributed by atoms with Gasteiger partial charge in [0.05, 0.1) is 11.5 Å². The molecule has 3 heterocycles. The summed E-state index contributed by atoms with van der Waals surface area (Å²) < 4.78 is 0. The van der Waals surface area contributed by atoms with E-state index in [1.807, 2.05) is 35.2 Å². The van der Waals surface area contributed by atoms with Gasteiger partial charge >= 0.3 is 0 Å². The minimum Gasteiger partial charge on any atom is -0.369 e. The third-order valence-electron chi connectivity index (χ3n) is 6.01. The average Bonchev–Trinajstić information content (AvgIpc) is 2.79. The molecule has 2 aliphatic rings. The number of amides is 3. The summed E-state index contributed by atoms with van der Waals surface area (Å²) in [6.07, 6.45) is 1.66. The molecule has 3 amide bonds. The first kappa shape index (κ1) is 21.5. The second-order valence-corrected chi connectivity index (χ2v) is 8.15. The number of aromatic nitrogens is 2. The van der Waals surface area contributed by atoms with Gasteiger partial charge < -0.3 is 21.3 Å². The number of nitrogens with two attached hydrogens (primary N) is 1. The molecule has 1 fully saturated rings. The molecule has 4 rings (SSSR count). The lowest BCUT2D eigenvalue weighted by Gasteiger charge is -2.32. The van der Waals surface area contributed by atoms with E-state index >= 15 is 0 Å². The zero-order chi connectivity index (χ0) is 22.7. The fraction of sp³-hybridized carbons (Fsp3) is 0.409. The molecule has 1 aromatic heterocycles. The van der Waals surface area contributed by atoms with Gasteiger partial charge in [-0.1, -0.05) is 30.3 Å². The maximum absolute atomic E-state index is 12.9. The lowest BCUT2D eigenvalue weighted by Crippen LogP contribution is -2.42. The molecule has 0 aliphatic carbocycles. The van der Waals surface area contributed by atoms with Crippen LogP contribution in [0.25, 0.3) is 0 Å². The van der Waals surface area contributed by atoms with Gasteiger partial charge in [-0.25, -0.2) is 0 Å². The first-order valence-electron chi connectivity index (χ1n) is 10.7. The van der Waals surface area contributed by atoms with Crippen LogP contribution in [0.5, 0.6) is 0 Å². The molecule has 0 unspecified atom stereocenters. The number of anilines is 2. The predicted octanol–water partition coefficient (Wildman–Crippen LogP) is 0.256. The Labute approximate surface area is 184 Å². The van der Waals surface area contributed by atoms with Gasteiger partial charge in [0.1, 0.15) is 5.82 Å². The summed E-state index contributed by atoms with van der Waals surface area (Å²) >= 11 is 0. The Morgan fingerprint density at radius 3 is 2.56 bits per heavy atom. The summed E-state index contributed by atoms with van der Waals surface area (Å²) in [5.74, 6) is -1.75. The van der Waals surface area contributed by atoms with E-state index in [4.69, 9.17) is 5.73 Å². The van der Waals surface area contributed by atoms with E-state index in [1.54, 1.807) is 0 Å². The Morgan fingerprint density at radius 1 is 1.16 bits per heavy atom. The molecule has 2 aromatic rings.